The summed E-state index contributed by atoms with van der Waals surface area (Å²) in [7, 11) is 0. The lowest BCUT2D eigenvalue weighted by Gasteiger charge is -2.12. The zero-order chi connectivity index (χ0) is 22.1. The summed E-state index contributed by atoms with van der Waals surface area (Å²) in [5.74, 6) is -0.456. The summed E-state index contributed by atoms with van der Waals surface area (Å²) >= 11 is 0. The molecule has 2 aromatic rings. The fourth-order valence-electron chi connectivity index (χ4n) is 3.16. The molecule has 0 aliphatic carbocycles. The summed E-state index contributed by atoms with van der Waals surface area (Å²) in [6.07, 6.45) is 2.50. The van der Waals surface area contributed by atoms with E-state index >= 15 is 0 Å². The van der Waals surface area contributed by atoms with Crippen LogP contribution in [0.3, 0.4) is 0 Å². The van der Waals surface area contributed by atoms with Crippen molar-refractivity contribution in [2.24, 2.45) is 0 Å². The number of carbonyl (C=O) groups is 3. The number of ether oxygens (including phenoxy) is 1. The minimum Gasteiger partial charge on any atom is -0.376 e. The highest BCUT2D eigenvalue weighted by molar-refractivity contribution is 5.97. The van der Waals surface area contributed by atoms with Crippen LogP contribution in [-0.2, 0) is 14.3 Å². The van der Waals surface area contributed by atoms with Gasteiger partial charge in [-0.3, -0.25) is 14.4 Å². The molecule has 31 heavy (non-hydrogen) atoms. The minimum absolute atomic E-state index is 0.0643. The molecule has 2 aromatic carbocycles. The van der Waals surface area contributed by atoms with E-state index in [1.54, 1.807) is 49.4 Å². The lowest BCUT2D eigenvalue weighted by Crippen LogP contribution is -2.31. The van der Waals surface area contributed by atoms with Crippen LogP contribution in [0.4, 0.5) is 17.1 Å². The number of nitrogens with one attached hydrogen (secondary N) is 4. The van der Waals surface area contributed by atoms with Gasteiger partial charge in [-0.2, -0.15) is 0 Å². The standard InChI is InChI=1S/C23H28N4O4/c1-2-21(28)27-19-6-3-5-18(13-19)24-15-22(29)26-17-10-8-16(9-11-17)23(30)25-14-20-7-4-12-31-20/h3,5-6,8-11,13,20,24H,2,4,7,12,14-15H2,1H3,(H,25,30)(H,26,29)(H,27,28). The Labute approximate surface area is 181 Å². The van der Waals surface area contributed by atoms with Gasteiger partial charge in [-0.15, -0.1) is 0 Å². The minimum atomic E-state index is -0.224. The Hall–Kier alpha value is -3.39. The third kappa shape index (κ3) is 7.11. The SMILES string of the molecule is CCC(=O)Nc1cccc(NCC(=O)Nc2ccc(C(=O)NCC3CCCO3)cc2)c1. The van der Waals surface area contributed by atoms with Gasteiger partial charge < -0.3 is 26.0 Å². The van der Waals surface area contributed by atoms with Gasteiger partial charge in [0, 0.05) is 42.2 Å². The predicted molar refractivity (Wildman–Crippen MR) is 120 cm³/mol. The first-order valence-electron chi connectivity index (χ1n) is 10.5. The summed E-state index contributed by atoms with van der Waals surface area (Å²) in [6, 6.07) is 13.9. The van der Waals surface area contributed by atoms with Crippen molar-refractivity contribution in [3.8, 4) is 0 Å². The van der Waals surface area contributed by atoms with E-state index in [9.17, 15) is 14.4 Å². The quantitative estimate of drug-likeness (QED) is 0.495. The van der Waals surface area contributed by atoms with E-state index in [1.807, 2.05) is 6.07 Å². The van der Waals surface area contributed by atoms with Crippen LogP contribution in [0.15, 0.2) is 48.5 Å². The molecule has 8 heteroatoms. The molecule has 8 nitrogen and oxygen atoms in total. The summed E-state index contributed by atoms with van der Waals surface area (Å²) in [5.41, 5.74) is 2.53. The number of hydrogen-bond donors (Lipinski definition) is 4. The molecule has 1 fully saturated rings. The van der Waals surface area contributed by atoms with Gasteiger partial charge >= 0.3 is 0 Å². The highest BCUT2D eigenvalue weighted by atomic mass is 16.5. The van der Waals surface area contributed by atoms with E-state index in [-0.39, 0.29) is 30.4 Å². The second kappa shape index (κ2) is 11.1. The van der Waals surface area contributed by atoms with E-state index in [4.69, 9.17) is 4.74 Å². The topological polar surface area (TPSA) is 109 Å². The Morgan fingerprint density at radius 1 is 0.968 bits per heavy atom. The van der Waals surface area contributed by atoms with Crippen LogP contribution >= 0.6 is 0 Å². The molecule has 1 saturated heterocycles. The van der Waals surface area contributed by atoms with Crippen molar-refractivity contribution in [3.05, 3.63) is 54.1 Å². The molecule has 0 radical (unpaired) electrons. The maximum absolute atomic E-state index is 12.2. The Morgan fingerprint density at radius 2 is 1.71 bits per heavy atom. The molecule has 0 bridgehead atoms. The number of benzene rings is 2. The maximum atomic E-state index is 12.2. The Morgan fingerprint density at radius 3 is 2.42 bits per heavy atom. The van der Waals surface area contributed by atoms with E-state index in [1.165, 1.54) is 0 Å². The molecule has 1 heterocycles. The van der Waals surface area contributed by atoms with Crippen molar-refractivity contribution in [1.82, 2.24) is 5.32 Å². The number of amides is 3. The highest BCUT2D eigenvalue weighted by Gasteiger charge is 2.16. The first-order valence-corrected chi connectivity index (χ1v) is 10.5. The molecule has 164 valence electrons. The third-order valence-corrected chi connectivity index (χ3v) is 4.87. The number of carbonyl (C=O) groups excluding carboxylic acids is 3. The lowest BCUT2D eigenvalue weighted by molar-refractivity contribution is -0.116. The molecule has 1 atom stereocenters. The smallest absolute Gasteiger partial charge is 0.251 e. The van der Waals surface area contributed by atoms with Gasteiger partial charge in [-0.1, -0.05) is 13.0 Å². The van der Waals surface area contributed by atoms with Gasteiger partial charge in [0.1, 0.15) is 0 Å². The fourth-order valence-corrected chi connectivity index (χ4v) is 3.16. The summed E-state index contributed by atoms with van der Waals surface area (Å²) < 4.78 is 5.50. The second-order valence-electron chi connectivity index (χ2n) is 7.31. The van der Waals surface area contributed by atoms with Gasteiger partial charge in [-0.25, -0.2) is 0 Å². The number of anilines is 3. The average molecular weight is 425 g/mol. The zero-order valence-electron chi connectivity index (χ0n) is 17.6. The van der Waals surface area contributed by atoms with Gasteiger partial charge in [0.05, 0.1) is 12.6 Å². The number of hydrogen-bond acceptors (Lipinski definition) is 5. The lowest BCUT2D eigenvalue weighted by atomic mass is 10.2. The van der Waals surface area contributed by atoms with Crippen molar-refractivity contribution >= 4 is 34.8 Å². The zero-order valence-corrected chi connectivity index (χ0v) is 17.6. The van der Waals surface area contributed by atoms with Crippen molar-refractivity contribution in [2.75, 3.05) is 35.6 Å². The molecular formula is C23H28N4O4. The first kappa shape index (κ1) is 22.3. The predicted octanol–water partition coefficient (Wildman–Crippen LogP) is 2.99. The van der Waals surface area contributed by atoms with Crippen molar-refractivity contribution in [1.29, 1.82) is 0 Å². The van der Waals surface area contributed by atoms with E-state index in [0.717, 1.165) is 25.1 Å². The average Bonchev–Trinajstić information content (AvgIpc) is 3.30. The van der Waals surface area contributed by atoms with Crippen molar-refractivity contribution in [3.63, 3.8) is 0 Å². The Bertz CT molecular complexity index is 908. The van der Waals surface area contributed by atoms with Crippen LogP contribution in [0, 0.1) is 0 Å². The van der Waals surface area contributed by atoms with Crippen LogP contribution in [0.25, 0.3) is 0 Å². The van der Waals surface area contributed by atoms with Crippen molar-refractivity contribution < 1.29 is 19.1 Å². The van der Waals surface area contributed by atoms with Gasteiger partial charge in [0.2, 0.25) is 11.8 Å². The Kier molecular flexibility index (Phi) is 8.00. The molecular weight excluding hydrogens is 396 g/mol. The van der Waals surface area contributed by atoms with Crippen LogP contribution in [0.1, 0.15) is 36.5 Å². The normalized spacial score (nSPS) is 15.2. The molecule has 3 rings (SSSR count). The highest BCUT2D eigenvalue weighted by Crippen LogP contribution is 2.16. The molecule has 3 amide bonds. The first-order chi connectivity index (χ1) is 15.0. The summed E-state index contributed by atoms with van der Waals surface area (Å²) in [6.45, 7) is 3.11. The largest absolute Gasteiger partial charge is 0.376 e. The van der Waals surface area contributed by atoms with Gasteiger partial charge in [0.15, 0.2) is 0 Å². The van der Waals surface area contributed by atoms with E-state index in [2.05, 4.69) is 21.3 Å². The second-order valence-corrected chi connectivity index (χ2v) is 7.31. The molecule has 0 spiro atoms. The molecule has 1 aliphatic rings. The van der Waals surface area contributed by atoms with Gasteiger partial charge in [-0.05, 0) is 55.3 Å². The molecule has 0 saturated carbocycles. The monoisotopic (exact) mass is 424 g/mol. The van der Waals surface area contributed by atoms with E-state index < -0.39 is 0 Å². The van der Waals surface area contributed by atoms with Crippen LogP contribution < -0.4 is 21.3 Å². The van der Waals surface area contributed by atoms with Crippen LogP contribution in [-0.4, -0.2) is 43.5 Å². The summed E-state index contributed by atoms with van der Waals surface area (Å²) in [4.78, 5) is 35.9. The Balaban J connectivity index is 1.44. The van der Waals surface area contributed by atoms with Crippen LogP contribution in [0.5, 0.6) is 0 Å². The summed E-state index contributed by atoms with van der Waals surface area (Å²) in [5, 5.41) is 11.5. The molecule has 1 aliphatic heterocycles. The van der Waals surface area contributed by atoms with E-state index in [0.29, 0.717) is 29.9 Å². The molecule has 1 unspecified atom stereocenters. The number of rotatable bonds is 9. The third-order valence-electron chi connectivity index (χ3n) is 4.87. The van der Waals surface area contributed by atoms with Crippen LogP contribution in [0.2, 0.25) is 0 Å². The molecule has 4 N–H and O–H groups in total. The van der Waals surface area contributed by atoms with Gasteiger partial charge in [0.25, 0.3) is 5.91 Å². The fraction of sp³-hybridized carbons (Fsp3) is 0.348. The van der Waals surface area contributed by atoms with Crippen molar-refractivity contribution in [2.45, 2.75) is 32.3 Å². The maximum Gasteiger partial charge on any atom is 0.251 e. The molecule has 0 aromatic heterocycles.